The molecule has 2 unspecified atom stereocenters. The highest BCUT2D eigenvalue weighted by Crippen LogP contribution is 3.01. The fraction of sp³-hybridized carbons (Fsp3) is 0.889. The summed E-state index contributed by atoms with van der Waals surface area (Å²) in [6.07, 6.45) is 3.29. The Hall–Kier alpha value is -0.465. The Morgan fingerprint density at radius 3 is 2.92 bits per heavy atom. The summed E-state index contributed by atoms with van der Waals surface area (Å²) in [5.74, 6) is 2.76. The van der Waals surface area contributed by atoms with Gasteiger partial charge in [-0.2, -0.15) is 0 Å². The monoisotopic (exact) mass is 162 g/mol. The second-order valence-corrected chi connectivity index (χ2v) is 5.23. The van der Waals surface area contributed by atoms with Crippen LogP contribution in [0, 0.1) is 11.8 Å². The van der Waals surface area contributed by atoms with Crippen molar-refractivity contribution in [3.63, 3.8) is 0 Å². The number of hydrogen-bond donors (Lipinski definition) is 1. The van der Waals surface area contributed by atoms with Crippen LogP contribution in [0.5, 0.6) is 0 Å². The summed E-state index contributed by atoms with van der Waals surface area (Å²) in [6.45, 7) is 1.01. The van der Waals surface area contributed by atoms with Crippen molar-refractivity contribution in [2.75, 3.05) is 0 Å². The van der Waals surface area contributed by atoms with Crippen molar-refractivity contribution in [2.24, 2.45) is 11.8 Å². The lowest BCUT2D eigenvalue weighted by Crippen LogP contribution is -2.29. The third-order valence-electron chi connectivity index (χ3n) is 5.28. The van der Waals surface area contributed by atoms with Gasteiger partial charge in [-0.3, -0.25) is 4.79 Å². The van der Waals surface area contributed by atoms with E-state index in [1.165, 1.54) is 12.8 Å². The highest BCUT2D eigenvalue weighted by Gasteiger charge is 2.92. The van der Waals surface area contributed by atoms with E-state index in [0.717, 1.165) is 29.6 Å². The fourth-order valence-corrected chi connectivity index (χ4v) is 5.21. The number of aliphatic carboxylic acids is 1. The van der Waals surface area contributed by atoms with Gasteiger partial charge < -0.3 is 5.11 Å². The molecule has 12 heavy (non-hydrogen) atoms. The molecule has 0 aromatic heterocycles. The molecule has 2 aliphatic carbocycles. The zero-order valence-corrected chi connectivity index (χ0v) is 6.86. The Labute approximate surface area is 71.4 Å². The molecule has 0 radical (unpaired) electrons. The van der Waals surface area contributed by atoms with Crippen LogP contribution in [0.4, 0.5) is 0 Å². The average molecular weight is 162 g/mol. The summed E-state index contributed by atoms with van der Waals surface area (Å²) in [5.41, 5.74) is 0. The van der Waals surface area contributed by atoms with Gasteiger partial charge in [-0.15, -0.1) is 0 Å². The van der Waals surface area contributed by atoms with Gasteiger partial charge in [0.15, 0.2) is 6.71 Å². The van der Waals surface area contributed by atoms with Crippen LogP contribution in [-0.2, 0) is 4.79 Å². The van der Waals surface area contributed by atoms with E-state index >= 15 is 0 Å². The van der Waals surface area contributed by atoms with E-state index in [1.54, 1.807) is 0 Å². The second-order valence-electron chi connectivity index (χ2n) is 5.23. The topological polar surface area (TPSA) is 37.3 Å². The van der Waals surface area contributed by atoms with Crippen LogP contribution in [0.25, 0.3) is 0 Å². The third-order valence-corrected chi connectivity index (χ3v) is 5.28. The minimum absolute atomic E-state index is 0.459. The quantitative estimate of drug-likeness (QED) is 0.624. The van der Waals surface area contributed by atoms with E-state index in [-0.39, 0.29) is 0 Å². The maximum Gasteiger partial charge on any atom is 0.303 e. The maximum atomic E-state index is 10.6. The highest BCUT2D eigenvalue weighted by atomic mass is 16.4. The first-order valence-corrected chi connectivity index (χ1v) is 4.97. The Bertz CT molecular complexity index is 303. The van der Waals surface area contributed by atoms with Gasteiger partial charge in [0.25, 0.3) is 0 Å². The summed E-state index contributed by atoms with van der Waals surface area (Å²) < 4.78 is 0. The zero-order chi connectivity index (χ0) is 8.09. The molecule has 3 saturated heterocycles. The lowest BCUT2D eigenvalue weighted by atomic mass is 9.44. The van der Waals surface area contributed by atoms with Gasteiger partial charge >= 0.3 is 5.97 Å². The minimum Gasteiger partial charge on any atom is -0.481 e. The lowest BCUT2D eigenvalue weighted by molar-refractivity contribution is -0.139. The molecule has 5 aliphatic rings. The standard InChI is InChI=1S/C9H11BO2/c11-7(12)2-5-6-1-4-3-9(6)8(5)10(4)9/h4-6,8H,1-3H2,(H,11,12)/t4-,5?,6-,8?,9+/m0/s1. The lowest BCUT2D eigenvalue weighted by Gasteiger charge is -2.40. The van der Waals surface area contributed by atoms with E-state index in [2.05, 4.69) is 0 Å². The number of rotatable bonds is 2. The molecule has 0 aromatic rings. The molecule has 3 aliphatic heterocycles. The summed E-state index contributed by atoms with van der Waals surface area (Å²) in [7, 11) is 0. The summed E-state index contributed by atoms with van der Waals surface area (Å²) in [6, 6.07) is 0. The van der Waals surface area contributed by atoms with Crippen LogP contribution >= 0.6 is 0 Å². The van der Waals surface area contributed by atoms with Crippen LogP contribution in [-0.4, -0.2) is 17.8 Å². The minimum atomic E-state index is -0.579. The largest absolute Gasteiger partial charge is 0.481 e. The van der Waals surface area contributed by atoms with Gasteiger partial charge in [0.05, 0.1) is 0 Å². The predicted molar refractivity (Wildman–Crippen MR) is 44.4 cm³/mol. The van der Waals surface area contributed by atoms with E-state index in [4.69, 9.17) is 5.11 Å². The van der Waals surface area contributed by atoms with Gasteiger partial charge in [0.2, 0.25) is 0 Å². The molecule has 3 heterocycles. The van der Waals surface area contributed by atoms with Crippen molar-refractivity contribution >= 4 is 12.7 Å². The first-order valence-electron chi connectivity index (χ1n) is 4.97. The molecule has 1 N–H and O–H groups in total. The average Bonchev–Trinajstić information content (AvgIpc) is 2.30. The molecule has 5 rings (SSSR count). The van der Waals surface area contributed by atoms with Crippen molar-refractivity contribution in [2.45, 2.75) is 36.2 Å². The van der Waals surface area contributed by atoms with Crippen LogP contribution in [0.15, 0.2) is 0 Å². The van der Waals surface area contributed by atoms with E-state index in [0.29, 0.717) is 12.3 Å². The van der Waals surface area contributed by atoms with Gasteiger partial charge in [0.1, 0.15) is 0 Å². The Morgan fingerprint density at radius 2 is 2.50 bits per heavy atom. The maximum absolute atomic E-state index is 10.6. The van der Waals surface area contributed by atoms with E-state index in [9.17, 15) is 4.79 Å². The summed E-state index contributed by atoms with van der Waals surface area (Å²) >= 11 is 0. The molecule has 5 fully saturated rings. The molecular weight excluding hydrogens is 151 g/mol. The summed E-state index contributed by atoms with van der Waals surface area (Å²) in [4.78, 5) is 10.6. The van der Waals surface area contributed by atoms with Crippen molar-refractivity contribution in [1.82, 2.24) is 0 Å². The molecule has 1 spiro atoms. The predicted octanol–water partition coefficient (Wildman–Crippen LogP) is 1.50. The molecule has 62 valence electrons. The molecule has 2 bridgehead atoms. The Balaban J connectivity index is 1.62. The Morgan fingerprint density at radius 1 is 1.67 bits per heavy atom. The van der Waals surface area contributed by atoms with Gasteiger partial charge in [0, 0.05) is 6.42 Å². The van der Waals surface area contributed by atoms with Crippen molar-refractivity contribution < 1.29 is 9.90 Å². The van der Waals surface area contributed by atoms with Crippen LogP contribution in [0.1, 0.15) is 19.3 Å². The molecule has 0 amide bonds. The van der Waals surface area contributed by atoms with E-state index < -0.39 is 5.97 Å². The van der Waals surface area contributed by atoms with Crippen molar-refractivity contribution in [3.05, 3.63) is 0 Å². The third kappa shape index (κ3) is 0.350. The molecule has 2 nitrogen and oxygen atoms in total. The molecular formula is C9H11BO2. The summed E-state index contributed by atoms with van der Waals surface area (Å²) in [5, 5.41) is 9.47. The molecule has 0 aromatic carbocycles. The normalized spacial score (nSPS) is 61.8. The SMILES string of the molecule is O=C(O)CC1C2B3[C@H]4C[C@@H]1[C@@]32C4. The van der Waals surface area contributed by atoms with Crippen LogP contribution < -0.4 is 0 Å². The number of hydrogen-bond acceptors (Lipinski definition) is 1. The first-order chi connectivity index (χ1) is 5.75. The van der Waals surface area contributed by atoms with Crippen molar-refractivity contribution in [1.29, 1.82) is 0 Å². The van der Waals surface area contributed by atoms with Crippen LogP contribution in [0.3, 0.4) is 0 Å². The first kappa shape index (κ1) is 6.06. The molecule has 2 saturated carbocycles. The number of carboxylic acid groups (broad SMARTS) is 1. The fourth-order valence-electron chi connectivity index (χ4n) is 5.21. The molecule has 3 heteroatoms. The Kier molecular flexibility index (Phi) is 0.687. The van der Waals surface area contributed by atoms with Gasteiger partial charge in [-0.05, 0) is 11.8 Å². The van der Waals surface area contributed by atoms with Gasteiger partial charge in [-0.25, -0.2) is 0 Å². The number of carbonyl (C=O) groups is 1. The van der Waals surface area contributed by atoms with E-state index in [1.807, 2.05) is 0 Å². The zero-order valence-electron chi connectivity index (χ0n) is 6.86. The highest BCUT2D eigenvalue weighted by molar-refractivity contribution is 6.84. The molecule has 5 atom stereocenters. The van der Waals surface area contributed by atoms with Crippen LogP contribution in [0.2, 0.25) is 16.9 Å². The smallest absolute Gasteiger partial charge is 0.303 e. The van der Waals surface area contributed by atoms with Crippen molar-refractivity contribution in [3.8, 4) is 0 Å². The number of carboxylic acids is 1. The second kappa shape index (κ2) is 1.36. The van der Waals surface area contributed by atoms with Gasteiger partial charge in [-0.1, -0.05) is 29.8 Å².